The molecule has 0 aliphatic heterocycles. The Morgan fingerprint density at radius 1 is 1.25 bits per heavy atom. The van der Waals surface area contributed by atoms with E-state index in [0.717, 1.165) is 21.2 Å². The van der Waals surface area contributed by atoms with Crippen LogP contribution >= 0.6 is 27.5 Å². The van der Waals surface area contributed by atoms with Gasteiger partial charge in [0.2, 0.25) is 0 Å². The molecule has 0 aromatic heterocycles. The van der Waals surface area contributed by atoms with Crippen LogP contribution in [0.25, 0.3) is 0 Å². The maximum absolute atomic E-state index is 11.8. The maximum Gasteiger partial charge on any atom is 0.277 e. The summed E-state index contributed by atoms with van der Waals surface area (Å²) in [5, 5.41) is 4.43. The van der Waals surface area contributed by atoms with E-state index in [-0.39, 0.29) is 12.5 Å². The number of halogens is 2. The highest BCUT2D eigenvalue weighted by Gasteiger charge is 2.06. The van der Waals surface area contributed by atoms with Crippen LogP contribution in [0.5, 0.6) is 5.75 Å². The Morgan fingerprint density at radius 2 is 1.92 bits per heavy atom. The number of carbonyl (C=O) groups is 1. The lowest BCUT2D eigenvalue weighted by Crippen LogP contribution is -2.24. The number of hydrazone groups is 1. The number of ether oxygens (including phenoxy) is 1. The van der Waals surface area contributed by atoms with Gasteiger partial charge in [-0.05, 0) is 50.1 Å². The molecule has 126 valence electrons. The summed E-state index contributed by atoms with van der Waals surface area (Å²) in [4.78, 5) is 11.8. The fourth-order valence-corrected chi connectivity index (χ4v) is 3.06. The van der Waals surface area contributed by atoms with Crippen molar-refractivity contribution in [2.75, 3.05) is 6.61 Å². The predicted octanol–water partition coefficient (Wildman–Crippen LogP) is 4.56. The van der Waals surface area contributed by atoms with Crippen LogP contribution in [0.3, 0.4) is 0 Å². The second-order valence-corrected chi connectivity index (χ2v) is 6.79. The van der Waals surface area contributed by atoms with Crippen molar-refractivity contribution < 1.29 is 9.53 Å². The summed E-state index contributed by atoms with van der Waals surface area (Å²) >= 11 is 9.34. The molecule has 6 heteroatoms. The molecule has 0 bridgehead atoms. The van der Waals surface area contributed by atoms with Crippen LogP contribution in [0.2, 0.25) is 5.02 Å². The number of nitrogens with one attached hydrogen (secondary N) is 1. The number of benzene rings is 2. The summed E-state index contributed by atoms with van der Waals surface area (Å²) in [7, 11) is 0. The second kappa shape index (κ2) is 8.31. The molecule has 2 aromatic carbocycles. The van der Waals surface area contributed by atoms with Crippen molar-refractivity contribution in [2.24, 2.45) is 5.10 Å². The zero-order valence-electron chi connectivity index (χ0n) is 13.7. The Hall–Kier alpha value is -1.85. The van der Waals surface area contributed by atoms with Crippen molar-refractivity contribution in [3.05, 3.63) is 62.1 Å². The Kier molecular flexibility index (Phi) is 6.40. The molecule has 0 aliphatic rings. The van der Waals surface area contributed by atoms with Gasteiger partial charge in [-0.3, -0.25) is 4.79 Å². The first-order chi connectivity index (χ1) is 11.4. The SMILES string of the molecule is Cc1cc(C)c(/C=N/NC(=O)COc2ccc(Br)cc2Cl)c(C)c1. The number of nitrogens with zero attached hydrogens (tertiary/aromatic N) is 1. The summed E-state index contributed by atoms with van der Waals surface area (Å²) < 4.78 is 6.23. The van der Waals surface area contributed by atoms with E-state index in [4.69, 9.17) is 16.3 Å². The number of carbonyl (C=O) groups excluding carboxylic acids is 1. The zero-order chi connectivity index (χ0) is 17.7. The largest absolute Gasteiger partial charge is 0.482 e. The molecule has 0 radical (unpaired) electrons. The van der Waals surface area contributed by atoms with Crippen molar-refractivity contribution in [3.63, 3.8) is 0 Å². The lowest BCUT2D eigenvalue weighted by Gasteiger charge is -2.08. The third-order valence-electron chi connectivity index (χ3n) is 3.37. The first kappa shape index (κ1) is 18.5. The van der Waals surface area contributed by atoms with E-state index in [1.165, 1.54) is 5.56 Å². The number of rotatable bonds is 5. The molecule has 2 rings (SSSR count). The Labute approximate surface area is 155 Å². The molecule has 2 aromatic rings. The van der Waals surface area contributed by atoms with Gasteiger partial charge in [-0.1, -0.05) is 45.2 Å². The van der Waals surface area contributed by atoms with E-state index in [2.05, 4.69) is 38.6 Å². The van der Waals surface area contributed by atoms with Crippen LogP contribution in [0, 0.1) is 20.8 Å². The van der Waals surface area contributed by atoms with Gasteiger partial charge < -0.3 is 4.74 Å². The number of hydrogen-bond donors (Lipinski definition) is 1. The van der Waals surface area contributed by atoms with Gasteiger partial charge in [0.1, 0.15) is 5.75 Å². The first-order valence-corrected chi connectivity index (χ1v) is 8.51. The molecule has 0 aliphatic carbocycles. The normalized spacial score (nSPS) is 10.9. The summed E-state index contributed by atoms with van der Waals surface area (Å²) in [6, 6.07) is 9.35. The summed E-state index contributed by atoms with van der Waals surface area (Å²) in [5.74, 6) is 0.0943. The van der Waals surface area contributed by atoms with Crippen molar-refractivity contribution in [3.8, 4) is 5.75 Å². The number of aryl methyl sites for hydroxylation is 3. The van der Waals surface area contributed by atoms with E-state index in [1.807, 2.05) is 20.8 Å². The highest BCUT2D eigenvalue weighted by molar-refractivity contribution is 9.10. The quantitative estimate of drug-likeness (QED) is 0.581. The van der Waals surface area contributed by atoms with Crippen LogP contribution in [0.4, 0.5) is 0 Å². The monoisotopic (exact) mass is 408 g/mol. The molecule has 0 spiro atoms. The fraction of sp³-hybridized carbons (Fsp3) is 0.222. The van der Waals surface area contributed by atoms with Gasteiger partial charge in [0.05, 0.1) is 11.2 Å². The second-order valence-electron chi connectivity index (χ2n) is 5.47. The minimum absolute atomic E-state index is 0.162. The number of amides is 1. The van der Waals surface area contributed by atoms with Gasteiger partial charge >= 0.3 is 0 Å². The van der Waals surface area contributed by atoms with Crippen LogP contribution in [-0.2, 0) is 4.79 Å². The predicted molar refractivity (Wildman–Crippen MR) is 101 cm³/mol. The van der Waals surface area contributed by atoms with Gasteiger partial charge in [-0.2, -0.15) is 5.10 Å². The average molecular weight is 410 g/mol. The standard InChI is InChI=1S/C18H18BrClN2O2/c1-11-6-12(2)15(13(3)7-11)9-21-22-18(23)10-24-17-5-4-14(19)8-16(17)20/h4-9H,10H2,1-3H3,(H,22,23)/b21-9+. The number of hydrogen-bond acceptors (Lipinski definition) is 3. The average Bonchev–Trinajstić information content (AvgIpc) is 2.49. The molecule has 0 saturated carbocycles. The van der Waals surface area contributed by atoms with Gasteiger partial charge in [-0.15, -0.1) is 0 Å². The van der Waals surface area contributed by atoms with Gasteiger partial charge in [0, 0.05) is 10.0 Å². The van der Waals surface area contributed by atoms with Crippen LogP contribution in [0.1, 0.15) is 22.3 Å². The van der Waals surface area contributed by atoms with E-state index in [9.17, 15) is 4.79 Å². The maximum atomic E-state index is 11.8. The van der Waals surface area contributed by atoms with Crippen LogP contribution in [0.15, 0.2) is 39.9 Å². The van der Waals surface area contributed by atoms with Gasteiger partial charge in [-0.25, -0.2) is 5.43 Å². The van der Waals surface area contributed by atoms with Crippen molar-refractivity contribution in [1.29, 1.82) is 0 Å². The molecular weight excluding hydrogens is 392 g/mol. The van der Waals surface area contributed by atoms with Crippen molar-refractivity contribution in [1.82, 2.24) is 5.43 Å². The topological polar surface area (TPSA) is 50.7 Å². The molecule has 0 atom stereocenters. The summed E-state index contributed by atoms with van der Waals surface area (Å²) in [6.07, 6.45) is 1.65. The van der Waals surface area contributed by atoms with Crippen molar-refractivity contribution >= 4 is 39.7 Å². The van der Waals surface area contributed by atoms with Crippen LogP contribution < -0.4 is 10.2 Å². The molecule has 24 heavy (non-hydrogen) atoms. The van der Waals surface area contributed by atoms with E-state index in [0.29, 0.717) is 10.8 Å². The minimum atomic E-state index is -0.354. The minimum Gasteiger partial charge on any atom is -0.482 e. The molecule has 0 fully saturated rings. The molecule has 0 heterocycles. The lowest BCUT2D eigenvalue weighted by atomic mass is 10.0. The Bertz CT molecular complexity index is 768. The van der Waals surface area contributed by atoms with Gasteiger partial charge in [0.15, 0.2) is 6.61 Å². The molecule has 0 saturated heterocycles. The van der Waals surface area contributed by atoms with Gasteiger partial charge in [0.25, 0.3) is 5.91 Å². The first-order valence-electron chi connectivity index (χ1n) is 7.34. The molecular formula is C18H18BrClN2O2. The third kappa shape index (κ3) is 5.08. The third-order valence-corrected chi connectivity index (χ3v) is 4.16. The van der Waals surface area contributed by atoms with Crippen LogP contribution in [-0.4, -0.2) is 18.7 Å². The Balaban J connectivity index is 1.91. The highest BCUT2D eigenvalue weighted by Crippen LogP contribution is 2.27. The zero-order valence-corrected chi connectivity index (χ0v) is 16.0. The summed E-state index contributed by atoms with van der Waals surface area (Å²) in [5.41, 5.74) is 6.88. The molecule has 0 unspecified atom stereocenters. The molecule has 4 nitrogen and oxygen atoms in total. The Morgan fingerprint density at radius 3 is 2.54 bits per heavy atom. The van der Waals surface area contributed by atoms with E-state index < -0.39 is 0 Å². The smallest absolute Gasteiger partial charge is 0.277 e. The van der Waals surface area contributed by atoms with E-state index in [1.54, 1.807) is 24.4 Å². The van der Waals surface area contributed by atoms with E-state index >= 15 is 0 Å². The fourth-order valence-electron chi connectivity index (χ4n) is 2.33. The highest BCUT2D eigenvalue weighted by atomic mass is 79.9. The lowest BCUT2D eigenvalue weighted by molar-refractivity contribution is -0.123. The van der Waals surface area contributed by atoms with Crippen molar-refractivity contribution in [2.45, 2.75) is 20.8 Å². The summed E-state index contributed by atoms with van der Waals surface area (Å²) in [6.45, 7) is 5.92. The molecule has 1 N–H and O–H groups in total. The molecule has 1 amide bonds.